The van der Waals surface area contributed by atoms with Gasteiger partial charge in [0.25, 0.3) is 0 Å². The van der Waals surface area contributed by atoms with Crippen molar-refractivity contribution >= 4 is 11.8 Å². The monoisotopic (exact) mass is 234 g/mol. The summed E-state index contributed by atoms with van der Waals surface area (Å²) in [4.78, 5) is 22.0. The Morgan fingerprint density at radius 1 is 1.31 bits per heavy atom. The van der Waals surface area contributed by atoms with Crippen molar-refractivity contribution in [3.05, 3.63) is 0 Å². The third kappa shape index (κ3) is 8.34. The molecule has 0 saturated heterocycles. The number of hydrogen-bond acceptors (Lipinski definition) is 6. The van der Waals surface area contributed by atoms with Crippen molar-refractivity contribution in [1.82, 2.24) is 0 Å². The molecule has 2 N–H and O–H groups in total. The van der Waals surface area contributed by atoms with Crippen LogP contribution in [0.4, 0.5) is 0 Å². The summed E-state index contributed by atoms with van der Waals surface area (Å²) in [6.07, 6.45) is -0.870. The van der Waals surface area contributed by atoms with Gasteiger partial charge in [-0.25, -0.2) is 0 Å². The van der Waals surface area contributed by atoms with Gasteiger partial charge in [0.15, 0.2) is 5.78 Å². The molecule has 0 aliphatic rings. The molecule has 94 valence electrons. The summed E-state index contributed by atoms with van der Waals surface area (Å²) >= 11 is 0. The first-order chi connectivity index (χ1) is 7.60. The smallest absolute Gasteiger partial charge is 0.306 e. The number of ketones is 1. The van der Waals surface area contributed by atoms with Gasteiger partial charge >= 0.3 is 5.97 Å². The Labute approximate surface area is 94.2 Å². The van der Waals surface area contributed by atoms with Gasteiger partial charge in [-0.2, -0.15) is 0 Å². The molecular weight excluding hydrogens is 216 g/mol. The lowest BCUT2D eigenvalue weighted by atomic mass is 10.2. The third-order valence-electron chi connectivity index (χ3n) is 1.70. The van der Waals surface area contributed by atoms with Crippen LogP contribution < -0.4 is 0 Å². The maximum Gasteiger partial charge on any atom is 0.306 e. The first-order valence-corrected chi connectivity index (χ1v) is 5.14. The van der Waals surface area contributed by atoms with E-state index in [1.807, 2.05) is 0 Å². The number of rotatable bonds is 9. The molecule has 0 aromatic rings. The summed E-state index contributed by atoms with van der Waals surface area (Å²) < 4.78 is 9.48. The zero-order valence-electron chi connectivity index (χ0n) is 9.35. The molecular formula is C10H18O6. The number of aliphatic hydroxyl groups excluding tert-OH is 2. The Morgan fingerprint density at radius 2 is 2.00 bits per heavy atom. The number of hydrogen-bond donors (Lipinski definition) is 2. The highest BCUT2D eigenvalue weighted by atomic mass is 16.5. The van der Waals surface area contributed by atoms with E-state index in [2.05, 4.69) is 4.74 Å². The minimum Gasteiger partial charge on any atom is -0.466 e. The number of ether oxygens (including phenoxy) is 2. The highest BCUT2D eigenvalue weighted by molar-refractivity contribution is 5.83. The van der Waals surface area contributed by atoms with Crippen molar-refractivity contribution in [2.75, 3.05) is 26.4 Å². The summed E-state index contributed by atoms with van der Waals surface area (Å²) in [6.45, 7) is 1.32. The van der Waals surface area contributed by atoms with Crippen molar-refractivity contribution in [3.63, 3.8) is 0 Å². The highest BCUT2D eigenvalue weighted by Crippen LogP contribution is 1.95. The average Bonchev–Trinajstić information content (AvgIpc) is 2.26. The van der Waals surface area contributed by atoms with Crippen LogP contribution in [0.15, 0.2) is 0 Å². The van der Waals surface area contributed by atoms with Crippen molar-refractivity contribution in [2.24, 2.45) is 0 Å². The molecule has 0 rings (SSSR count). The van der Waals surface area contributed by atoms with E-state index < -0.39 is 18.7 Å². The lowest BCUT2D eigenvalue weighted by Gasteiger charge is -2.07. The fraction of sp³-hybridized carbons (Fsp3) is 0.800. The number of Topliss-reactive ketones (excluding diaryl/α,β-unsaturated/α-hetero) is 1. The summed E-state index contributed by atoms with van der Waals surface area (Å²) in [5.74, 6) is -0.649. The van der Waals surface area contributed by atoms with Gasteiger partial charge in [0.2, 0.25) is 0 Å². The van der Waals surface area contributed by atoms with E-state index in [0.717, 1.165) is 0 Å². The second kappa shape index (κ2) is 9.26. The summed E-state index contributed by atoms with van der Waals surface area (Å²) in [5, 5.41) is 17.4. The predicted molar refractivity (Wildman–Crippen MR) is 54.8 cm³/mol. The molecule has 0 saturated carbocycles. The molecule has 0 aliphatic heterocycles. The number of carbonyl (C=O) groups excluding carboxylic acids is 2. The van der Waals surface area contributed by atoms with Crippen molar-refractivity contribution in [2.45, 2.75) is 25.9 Å². The zero-order chi connectivity index (χ0) is 12.4. The zero-order valence-corrected chi connectivity index (χ0v) is 9.35. The fourth-order valence-corrected chi connectivity index (χ4v) is 0.908. The fourth-order valence-electron chi connectivity index (χ4n) is 0.908. The highest BCUT2D eigenvalue weighted by Gasteiger charge is 2.09. The van der Waals surface area contributed by atoms with Gasteiger partial charge in [-0.05, 0) is 6.92 Å². The van der Waals surface area contributed by atoms with Gasteiger partial charge in [0.05, 0.1) is 26.2 Å². The van der Waals surface area contributed by atoms with Crippen molar-refractivity contribution in [3.8, 4) is 0 Å². The average molecular weight is 234 g/mol. The Hall–Kier alpha value is -0.980. The van der Waals surface area contributed by atoms with Gasteiger partial charge in [-0.3, -0.25) is 9.59 Å². The second-order valence-corrected chi connectivity index (χ2v) is 3.20. The quantitative estimate of drug-likeness (QED) is 0.511. The minimum absolute atomic E-state index is 0.0403. The van der Waals surface area contributed by atoms with Crippen LogP contribution in [-0.2, 0) is 19.1 Å². The van der Waals surface area contributed by atoms with E-state index in [0.29, 0.717) is 6.61 Å². The first-order valence-electron chi connectivity index (χ1n) is 5.14. The van der Waals surface area contributed by atoms with E-state index >= 15 is 0 Å². The maximum atomic E-state index is 11.1. The number of aliphatic hydroxyl groups is 2. The van der Waals surface area contributed by atoms with Crippen LogP contribution in [0.25, 0.3) is 0 Å². The Balaban J connectivity index is 3.48. The predicted octanol–water partition coefficient (Wildman–Crippen LogP) is -0.731. The lowest BCUT2D eigenvalue weighted by molar-refractivity contribution is -0.144. The molecule has 0 spiro atoms. The number of esters is 1. The van der Waals surface area contributed by atoms with Crippen molar-refractivity contribution in [1.29, 1.82) is 0 Å². The van der Waals surface area contributed by atoms with E-state index in [-0.39, 0.29) is 31.8 Å². The van der Waals surface area contributed by atoms with E-state index in [1.54, 1.807) is 6.92 Å². The lowest BCUT2D eigenvalue weighted by Crippen LogP contribution is -2.22. The van der Waals surface area contributed by atoms with E-state index in [4.69, 9.17) is 14.9 Å². The second-order valence-electron chi connectivity index (χ2n) is 3.20. The van der Waals surface area contributed by atoms with Crippen LogP contribution >= 0.6 is 0 Å². The molecule has 0 radical (unpaired) electrons. The first kappa shape index (κ1) is 15.0. The molecule has 6 nitrogen and oxygen atoms in total. The molecule has 6 heteroatoms. The Morgan fingerprint density at radius 3 is 2.56 bits per heavy atom. The van der Waals surface area contributed by atoms with E-state index in [9.17, 15) is 9.59 Å². The van der Waals surface area contributed by atoms with Crippen LogP contribution in [0.2, 0.25) is 0 Å². The largest absolute Gasteiger partial charge is 0.466 e. The maximum absolute atomic E-state index is 11.1. The molecule has 0 amide bonds. The standard InChI is InChI=1S/C10H18O6/c1-2-16-10(14)4-3-8(12)6-15-7-9(13)5-11/h9,11,13H,2-7H2,1H3. The van der Waals surface area contributed by atoms with E-state index in [1.165, 1.54) is 0 Å². The summed E-state index contributed by atoms with van der Waals surface area (Å²) in [6, 6.07) is 0. The summed E-state index contributed by atoms with van der Waals surface area (Å²) in [5.41, 5.74) is 0. The SMILES string of the molecule is CCOC(=O)CCC(=O)COCC(O)CO. The molecule has 0 aromatic carbocycles. The van der Waals surface area contributed by atoms with Crippen LogP contribution in [-0.4, -0.2) is 54.5 Å². The van der Waals surface area contributed by atoms with Crippen molar-refractivity contribution < 1.29 is 29.3 Å². The van der Waals surface area contributed by atoms with Gasteiger partial charge in [-0.1, -0.05) is 0 Å². The minimum atomic E-state index is -0.974. The molecule has 0 bridgehead atoms. The van der Waals surface area contributed by atoms with Crippen LogP contribution in [0, 0.1) is 0 Å². The van der Waals surface area contributed by atoms with Crippen LogP contribution in [0.1, 0.15) is 19.8 Å². The molecule has 1 atom stereocenters. The van der Waals surface area contributed by atoms with Gasteiger partial charge in [-0.15, -0.1) is 0 Å². The topological polar surface area (TPSA) is 93.1 Å². The molecule has 0 aliphatic carbocycles. The molecule has 0 heterocycles. The molecule has 1 unspecified atom stereocenters. The van der Waals surface area contributed by atoms with Crippen LogP contribution in [0.3, 0.4) is 0 Å². The van der Waals surface area contributed by atoms with Crippen LogP contribution in [0.5, 0.6) is 0 Å². The Bertz CT molecular complexity index is 215. The number of carbonyl (C=O) groups is 2. The third-order valence-corrected chi connectivity index (χ3v) is 1.70. The van der Waals surface area contributed by atoms with Gasteiger partial charge in [0, 0.05) is 6.42 Å². The normalized spacial score (nSPS) is 12.2. The van der Waals surface area contributed by atoms with Gasteiger partial charge in [0.1, 0.15) is 12.7 Å². The molecule has 0 fully saturated rings. The van der Waals surface area contributed by atoms with Gasteiger partial charge < -0.3 is 19.7 Å². The molecule has 16 heavy (non-hydrogen) atoms. The Kier molecular flexibility index (Phi) is 8.69. The summed E-state index contributed by atoms with van der Waals surface area (Å²) in [7, 11) is 0. The molecule has 0 aromatic heterocycles.